The molecule has 0 aromatic carbocycles. The lowest BCUT2D eigenvalue weighted by atomic mass is 9.87. The predicted octanol–water partition coefficient (Wildman–Crippen LogP) is 0.137. The molecule has 15 heavy (non-hydrogen) atoms. The van der Waals surface area contributed by atoms with Gasteiger partial charge in [0.05, 0.1) is 12.0 Å². The van der Waals surface area contributed by atoms with Gasteiger partial charge >= 0.3 is 0 Å². The molecule has 0 radical (unpaired) electrons. The fourth-order valence-electron chi connectivity index (χ4n) is 2.25. The molecule has 1 heterocycles. The SMILES string of the molecule is COCC1(C(=O)NC2CC2C)CCNC1. The van der Waals surface area contributed by atoms with E-state index in [0.29, 0.717) is 18.6 Å². The number of rotatable bonds is 4. The highest BCUT2D eigenvalue weighted by molar-refractivity contribution is 5.84. The number of hydrogen-bond acceptors (Lipinski definition) is 3. The first-order chi connectivity index (χ1) is 7.18. The van der Waals surface area contributed by atoms with Crippen LogP contribution in [0.1, 0.15) is 19.8 Å². The number of nitrogens with one attached hydrogen (secondary N) is 2. The van der Waals surface area contributed by atoms with Gasteiger partial charge in [0.25, 0.3) is 0 Å². The Balaban J connectivity index is 1.94. The molecule has 2 N–H and O–H groups in total. The molecule has 1 aliphatic carbocycles. The first-order valence-corrected chi connectivity index (χ1v) is 5.68. The minimum atomic E-state index is -0.322. The zero-order valence-electron chi connectivity index (χ0n) is 9.51. The fourth-order valence-corrected chi connectivity index (χ4v) is 2.25. The first kappa shape index (κ1) is 10.9. The largest absolute Gasteiger partial charge is 0.384 e. The lowest BCUT2D eigenvalue weighted by Crippen LogP contribution is -2.46. The van der Waals surface area contributed by atoms with Gasteiger partial charge in [-0.05, 0) is 25.3 Å². The van der Waals surface area contributed by atoms with Crippen molar-refractivity contribution < 1.29 is 9.53 Å². The van der Waals surface area contributed by atoms with E-state index in [4.69, 9.17) is 4.74 Å². The van der Waals surface area contributed by atoms with Crippen LogP contribution in [0.2, 0.25) is 0 Å². The average Bonchev–Trinajstić information content (AvgIpc) is 2.71. The number of ether oxygens (including phenoxy) is 1. The minimum absolute atomic E-state index is 0.170. The van der Waals surface area contributed by atoms with Crippen molar-refractivity contribution in [1.29, 1.82) is 0 Å². The molecule has 2 aliphatic rings. The quantitative estimate of drug-likeness (QED) is 0.697. The first-order valence-electron chi connectivity index (χ1n) is 5.68. The second kappa shape index (κ2) is 4.10. The molecule has 3 unspecified atom stereocenters. The summed E-state index contributed by atoms with van der Waals surface area (Å²) in [6.45, 7) is 4.35. The van der Waals surface area contributed by atoms with Gasteiger partial charge in [0.15, 0.2) is 0 Å². The third-order valence-corrected chi connectivity index (χ3v) is 3.57. The number of methoxy groups -OCH3 is 1. The number of carbonyl (C=O) groups is 1. The highest BCUT2D eigenvalue weighted by Gasteiger charge is 2.44. The van der Waals surface area contributed by atoms with Crippen molar-refractivity contribution in [1.82, 2.24) is 10.6 Å². The second-order valence-electron chi connectivity index (χ2n) is 4.93. The van der Waals surface area contributed by atoms with E-state index < -0.39 is 0 Å². The van der Waals surface area contributed by atoms with Crippen LogP contribution in [0.5, 0.6) is 0 Å². The summed E-state index contributed by atoms with van der Waals surface area (Å²) in [6.07, 6.45) is 2.01. The maximum atomic E-state index is 12.1. The molecule has 1 saturated heterocycles. The predicted molar refractivity (Wildman–Crippen MR) is 57.5 cm³/mol. The van der Waals surface area contributed by atoms with Crippen LogP contribution in [0.3, 0.4) is 0 Å². The van der Waals surface area contributed by atoms with Crippen LogP contribution in [0.4, 0.5) is 0 Å². The second-order valence-corrected chi connectivity index (χ2v) is 4.93. The van der Waals surface area contributed by atoms with Crippen LogP contribution in [-0.4, -0.2) is 38.8 Å². The summed E-state index contributed by atoms with van der Waals surface area (Å²) in [6, 6.07) is 0.409. The zero-order valence-corrected chi connectivity index (χ0v) is 9.51. The van der Waals surface area contributed by atoms with Crippen LogP contribution in [0.25, 0.3) is 0 Å². The van der Waals surface area contributed by atoms with Gasteiger partial charge in [0.1, 0.15) is 0 Å². The molecule has 1 aliphatic heterocycles. The van der Waals surface area contributed by atoms with Crippen LogP contribution >= 0.6 is 0 Å². The Morgan fingerprint density at radius 1 is 1.67 bits per heavy atom. The standard InChI is InChI=1S/C11H20N2O2/c1-8-5-9(8)13-10(14)11(7-15-2)3-4-12-6-11/h8-9,12H,3-7H2,1-2H3,(H,13,14). The van der Waals surface area contributed by atoms with Gasteiger partial charge < -0.3 is 15.4 Å². The Morgan fingerprint density at radius 2 is 2.40 bits per heavy atom. The lowest BCUT2D eigenvalue weighted by molar-refractivity contribution is -0.133. The molecular weight excluding hydrogens is 192 g/mol. The van der Waals surface area contributed by atoms with E-state index in [1.54, 1.807) is 7.11 Å². The normalized spacial score (nSPS) is 39.1. The highest BCUT2D eigenvalue weighted by Crippen LogP contribution is 2.32. The Morgan fingerprint density at radius 3 is 2.87 bits per heavy atom. The Hall–Kier alpha value is -0.610. The molecule has 4 heteroatoms. The summed E-state index contributed by atoms with van der Waals surface area (Å²) in [5.74, 6) is 0.826. The summed E-state index contributed by atoms with van der Waals surface area (Å²) in [5, 5.41) is 6.36. The Labute approximate surface area is 90.8 Å². The van der Waals surface area contributed by atoms with Crippen molar-refractivity contribution >= 4 is 5.91 Å². The van der Waals surface area contributed by atoms with Crippen molar-refractivity contribution in [3.63, 3.8) is 0 Å². The van der Waals surface area contributed by atoms with E-state index in [0.717, 1.165) is 25.9 Å². The van der Waals surface area contributed by atoms with Gasteiger partial charge in [-0.15, -0.1) is 0 Å². The molecule has 86 valence electrons. The van der Waals surface area contributed by atoms with Gasteiger partial charge in [-0.25, -0.2) is 0 Å². The Kier molecular flexibility index (Phi) is 2.98. The average molecular weight is 212 g/mol. The molecule has 1 amide bonds. The molecule has 3 atom stereocenters. The minimum Gasteiger partial charge on any atom is -0.384 e. The molecule has 2 rings (SSSR count). The maximum Gasteiger partial charge on any atom is 0.230 e. The molecule has 0 bridgehead atoms. The number of carbonyl (C=O) groups excluding carboxylic acids is 1. The van der Waals surface area contributed by atoms with Crippen LogP contribution in [-0.2, 0) is 9.53 Å². The summed E-state index contributed by atoms with van der Waals surface area (Å²) >= 11 is 0. The third-order valence-electron chi connectivity index (χ3n) is 3.57. The number of amides is 1. The molecular formula is C11H20N2O2. The van der Waals surface area contributed by atoms with Crippen molar-refractivity contribution in [3.8, 4) is 0 Å². The number of hydrogen-bond donors (Lipinski definition) is 2. The maximum absolute atomic E-state index is 12.1. The fraction of sp³-hybridized carbons (Fsp3) is 0.909. The molecule has 0 aromatic heterocycles. The summed E-state index contributed by atoms with van der Waals surface area (Å²) in [7, 11) is 1.66. The Bertz CT molecular complexity index is 249. The van der Waals surface area contributed by atoms with E-state index >= 15 is 0 Å². The van der Waals surface area contributed by atoms with E-state index in [1.165, 1.54) is 0 Å². The molecule has 2 fully saturated rings. The topological polar surface area (TPSA) is 50.4 Å². The van der Waals surface area contributed by atoms with Crippen LogP contribution in [0, 0.1) is 11.3 Å². The van der Waals surface area contributed by atoms with Gasteiger partial charge in [-0.3, -0.25) is 4.79 Å². The summed E-state index contributed by atoms with van der Waals surface area (Å²) in [4.78, 5) is 12.1. The third kappa shape index (κ3) is 2.16. The van der Waals surface area contributed by atoms with E-state index in [2.05, 4.69) is 17.6 Å². The van der Waals surface area contributed by atoms with E-state index in [-0.39, 0.29) is 11.3 Å². The van der Waals surface area contributed by atoms with Crippen molar-refractivity contribution in [2.75, 3.05) is 26.8 Å². The van der Waals surface area contributed by atoms with Gasteiger partial charge in [-0.1, -0.05) is 6.92 Å². The van der Waals surface area contributed by atoms with Crippen molar-refractivity contribution in [2.24, 2.45) is 11.3 Å². The van der Waals surface area contributed by atoms with Crippen LogP contribution in [0.15, 0.2) is 0 Å². The molecule has 1 saturated carbocycles. The lowest BCUT2D eigenvalue weighted by Gasteiger charge is -2.26. The molecule has 0 spiro atoms. The van der Waals surface area contributed by atoms with E-state index in [9.17, 15) is 4.79 Å². The highest BCUT2D eigenvalue weighted by atomic mass is 16.5. The smallest absolute Gasteiger partial charge is 0.230 e. The summed E-state index contributed by atoms with van der Waals surface area (Å²) in [5.41, 5.74) is -0.322. The summed E-state index contributed by atoms with van der Waals surface area (Å²) < 4.78 is 5.18. The van der Waals surface area contributed by atoms with Gasteiger partial charge in [-0.2, -0.15) is 0 Å². The van der Waals surface area contributed by atoms with Gasteiger partial charge in [0.2, 0.25) is 5.91 Å². The zero-order chi connectivity index (χ0) is 10.9. The van der Waals surface area contributed by atoms with Crippen LogP contribution < -0.4 is 10.6 Å². The van der Waals surface area contributed by atoms with Crippen molar-refractivity contribution in [2.45, 2.75) is 25.8 Å². The van der Waals surface area contributed by atoms with Crippen molar-refractivity contribution in [3.05, 3.63) is 0 Å². The molecule has 4 nitrogen and oxygen atoms in total. The van der Waals surface area contributed by atoms with Gasteiger partial charge in [0, 0.05) is 19.7 Å². The monoisotopic (exact) mass is 212 g/mol. The van der Waals surface area contributed by atoms with E-state index in [1.807, 2.05) is 0 Å². The molecule has 0 aromatic rings.